The number of nitrogens with zero attached hydrogens (tertiary/aromatic N) is 4. The third kappa shape index (κ3) is 5.41. The molecule has 42 heavy (non-hydrogen) atoms. The smallest absolute Gasteiger partial charge is 0.265 e. The number of benzene rings is 3. The van der Waals surface area contributed by atoms with E-state index in [0.717, 1.165) is 5.39 Å². The average Bonchev–Trinajstić information content (AvgIpc) is 3.55. The summed E-state index contributed by atoms with van der Waals surface area (Å²) in [7, 11) is -4.03. The second kappa shape index (κ2) is 11.2. The molecule has 2 amide bonds. The Morgan fingerprint density at radius 2 is 1.57 bits per heavy atom. The van der Waals surface area contributed by atoms with Gasteiger partial charge in [-0.2, -0.15) is 0 Å². The number of nitrogens with one attached hydrogen (secondary N) is 1. The fraction of sp³-hybridized carbons (Fsp3) is 0.133. The van der Waals surface area contributed by atoms with Crippen molar-refractivity contribution in [3.05, 3.63) is 101 Å². The molecule has 1 aliphatic rings. The number of fused-ring (bicyclic) bond motifs is 1. The number of hydrogen-bond donors (Lipinski definition) is 2. The standard InChI is InChI=1S/C30H26N6O4S2/c31-22-8-11-27(25(17-22)24-5-1-3-20-4-2-12-33-28(20)24)42(39,40)34-23-9-6-21(7-10-23)29(37)35-13-15-36(16-14-35)30(38)26-18-32-19-41-26/h1-12,17-19,34H,13-16,31H2. The summed E-state index contributed by atoms with van der Waals surface area (Å²) in [6.45, 7) is 1.66. The van der Waals surface area contributed by atoms with Crippen LogP contribution in [-0.2, 0) is 10.0 Å². The van der Waals surface area contributed by atoms with E-state index >= 15 is 0 Å². The Labute approximate surface area is 246 Å². The fourth-order valence-corrected chi connectivity index (χ4v) is 6.83. The van der Waals surface area contributed by atoms with Crippen molar-refractivity contribution in [3.8, 4) is 11.1 Å². The van der Waals surface area contributed by atoms with Gasteiger partial charge in [0.05, 0.1) is 22.1 Å². The third-order valence-corrected chi connectivity index (χ3v) is 9.30. The number of para-hydroxylation sites is 1. The number of rotatable bonds is 6. The third-order valence-electron chi connectivity index (χ3n) is 7.10. The number of nitrogens with two attached hydrogens (primary N) is 1. The Kier molecular flexibility index (Phi) is 7.31. The lowest BCUT2D eigenvalue weighted by Gasteiger charge is -2.34. The number of anilines is 2. The van der Waals surface area contributed by atoms with Crippen molar-refractivity contribution in [1.29, 1.82) is 0 Å². The molecule has 3 aromatic carbocycles. The van der Waals surface area contributed by atoms with Crippen LogP contribution < -0.4 is 10.5 Å². The van der Waals surface area contributed by atoms with Crippen LogP contribution in [0.1, 0.15) is 20.0 Å². The summed E-state index contributed by atoms with van der Waals surface area (Å²) in [6.07, 6.45) is 3.21. The van der Waals surface area contributed by atoms with Crippen molar-refractivity contribution in [1.82, 2.24) is 19.8 Å². The predicted molar refractivity (Wildman–Crippen MR) is 163 cm³/mol. The maximum Gasteiger partial charge on any atom is 0.265 e. The first-order chi connectivity index (χ1) is 20.3. The number of amides is 2. The van der Waals surface area contributed by atoms with Crippen LogP contribution in [-0.4, -0.2) is 66.2 Å². The largest absolute Gasteiger partial charge is 0.399 e. The Balaban J connectivity index is 1.18. The van der Waals surface area contributed by atoms with E-state index in [1.165, 1.54) is 17.4 Å². The lowest BCUT2D eigenvalue weighted by molar-refractivity contribution is 0.0538. The summed E-state index contributed by atoms with van der Waals surface area (Å²) in [4.78, 5) is 38.2. The van der Waals surface area contributed by atoms with Crippen LogP contribution in [0.5, 0.6) is 0 Å². The molecule has 2 aromatic heterocycles. The van der Waals surface area contributed by atoms with Crippen LogP contribution in [0.2, 0.25) is 0 Å². The highest BCUT2D eigenvalue weighted by Gasteiger charge is 2.26. The highest BCUT2D eigenvalue weighted by Crippen LogP contribution is 2.34. The van der Waals surface area contributed by atoms with E-state index in [4.69, 9.17) is 5.73 Å². The number of sulfonamides is 1. The van der Waals surface area contributed by atoms with Gasteiger partial charge in [0.15, 0.2) is 0 Å². The van der Waals surface area contributed by atoms with Crippen LogP contribution in [0.4, 0.5) is 11.4 Å². The van der Waals surface area contributed by atoms with E-state index in [9.17, 15) is 18.0 Å². The van der Waals surface area contributed by atoms with Gasteiger partial charge < -0.3 is 15.5 Å². The molecule has 10 nitrogen and oxygen atoms in total. The summed E-state index contributed by atoms with van der Waals surface area (Å²) in [6, 6.07) is 20.3. The van der Waals surface area contributed by atoms with Gasteiger partial charge in [-0.25, -0.2) is 8.42 Å². The first kappa shape index (κ1) is 27.4. The van der Waals surface area contributed by atoms with E-state index in [2.05, 4.69) is 14.7 Å². The summed E-state index contributed by atoms with van der Waals surface area (Å²) in [5, 5.41) is 0.877. The van der Waals surface area contributed by atoms with Crippen molar-refractivity contribution in [2.45, 2.75) is 4.90 Å². The Bertz CT molecular complexity index is 1880. The number of carbonyl (C=O) groups is 2. The van der Waals surface area contributed by atoms with Gasteiger partial charge >= 0.3 is 0 Å². The Morgan fingerprint density at radius 3 is 2.29 bits per heavy atom. The van der Waals surface area contributed by atoms with Gasteiger partial charge in [0, 0.05) is 65.8 Å². The van der Waals surface area contributed by atoms with Gasteiger partial charge in [-0.1, -0.05) is 24.3 Å². The SMILES string of the molecule is Nc1ccc(S(=O)(=O)Nc2ccc(C(=O)N3CCN(C(=O)c4cncs4)CC3)cc2)c(-c2cccc3cccnc23)c1. The molecule has 3 heterocycles. The van der Waals surface area contributed by atoms with E-state index in [0.29, 0.717) is 64.6 Å². The maximum absolute atomic E-state index is 13.6. The molecule has 0 aliphatic carbocycles. The topological polar surface area (TPSA) is 139 Å². The van der Waals surface area contributed by atoms with E-state index in [1.54, 1.807) is 64.1 Å². The molecule has 1 aliphatic heterocycles. The van der Waals surface area contributed by atoms with Crippen molar-refractivity contribution in [2.75, 3.05) is 36.6 Å². The first-order valence-electron chi connectivity index (χ1n) is 13.1. The van der Waals surface area contributed by atoms with Crippen molar-refractivity contribution < 1.29 is 18.0 Å². The molecule has 3 N–H and O–H groups in total. The lowest BCUT2D eigenvalue weighted by atomic mass is 10.0. The number of thiazole rings is 1. The normalized spacial score (nSPS) is 13.7. The average molecular weight is 599 g/mol. The monoisotopic (exact) mass is 598 g/mol. The first-order valence-corrected chi connectivity index (χ1v) is 15.5. The van der Waals surface area contributed by atoms with Gasteiger partial charge in [-0.3, -0.25) is 24.3 Å². The van der Waals surface area contributed by atoms with Crippen LogP contribution in [0.15, 0.2) is 95.6 Å². The Hall–Kier alpha value is -4.81. The minimum Gasteiger partial charge on any atom is -0.399 e. The van der Waals surface area contributed by atoms with Gasteiger partial charge in [-0.05, 0) is 48.5 Å². The Morgan fingerprint density at radius 1 is 0.857 bits per heavy atom. The minimum atomic E-state index is -4.03. The van der Waals surface area contributed by atoms with Crippen LogP contribution in [0.25, 0.3) is 22.0 Å². The number of hydrogen-bond acceptors (Lipinski definition) is 8. The highest BCUT2D eigenvalue weighted by atomic mass is 32.2. The fourth-order valence-electron chi connectivity index (χ4n) is 4.98. The quantitative estimate of drug-likeness (QED) is 0.277. The molecule has 6 rings (SSSR count). The number of piperazine rings is 1. The molecule has 0 spiro atoms. The molecule has 5 aromatic rings. The molecule has 0 bridgehead atoms. The molecule has 1 saturated heterocycles. The van der Waals surface area contributed by atoms with E-state index < -0.39 is 10.0 Å². The summed E-state index contributed by atoms with van der Waals surface area (Å²) in [5.41, 5.74) is 10.6. The molecule has 0 radical (unpaired) electrons. The molecule has 0 unspecified atom stereocenters. The second-order valence-corrected chi connectivity index (χ2v) is 12.3. The van der Waals surface area contributed by atoms with E-state index in [1.807, 2.05) is 30.3 Å². The number of pyridine rings is 1. The number of nitrogen functional groups attached to an aromatic ring is 1. The number of carbonyl (C=O) groups excluding carboxylic acids is 2. The van der Waals surface area contributed by atoms with E-state index in [-0.39, 0.29) is 16.7 Å². The molecule has 0 saturated carbocycles. The molecule has 1 fully saturated rings. The minimum absolute atomic E-state index is 0.0563. The van der Waals surface area contributed by atoms with Crippen LogP contribution in [0, 0.1) is 0 Å². The predicted octanol–water partition coefficient (Wildman–Crippen LogP) is 4.34. The highest BCUT2D eigenvalue weighted by molar-refractivity contribution is 7.92. The summed E-state index contributed by atoms with van der Waals surface area (Å²) in [5.74, 6) is -0.263. The van der Waals surface area contributed by atoms with Gasteiger partial charge in [0.1, 0.15) is 4.88 Å². The molecular formula is C30H26N6O4S2. The van der Waals surface area contributed by atoms with Crippen molar-refractivity contribution in [2.24, 2.45) is 0 Å². The van der Waals surface area contributed by atoms with Gasteiger partial charge in [0.25, 0.3) is 21.8 Å². The zero-order valence-corrected chi connectivity index (χ0v) is 23.9. The molecule has 0 atom stereocenters. The second-order valence-electron chi connectivity index (χ2n) is 9.77. The summed E-state index contributed by atoms with van der Waals surface area (Å²) >= 11 is 1.29. The van der Waals surface area contributed by atoms with Crippen LogP contribution >= 0.6 is 11.3 Å². The zero-order chi connectivity index (χ0) is 29.3. The van der Waals surface area contributed by atoms with Crippen molar-refractivity contribution >= 4 is 55.5 Å². The number of aromatic nitrogens is 2. The summed E-state index contributed by atoms with van der Waals surface area (Å²) < 4.78 is 29.8. The molecule has 212 valence electrons. The zero-order valence-electron chi connectivity index (χ0n) is 22.3. The molecular weight excluding hydrogens is 573 g/mol. The van der Waals surface area contributed by atoms with Crippen LogP contribution in [0.3, 0.4) is 0 Å². The lowest BCUT2D eigenvalue weighted by Crippen LogP contribution is -2.50. The van der Waals surface area contributed by atoms with Gasteiger partial charge in [-0.15, -0.1) is 11.3 Å². The molecule has 12 heteroatoms. The van der Waals surface area contributed by atoms with Gasteiger partial charge in [0.2, 0.25) is 0 Å². The maximum atomic E-state index is 13.6. The van der Waals surface area contributed by atoms with Crippen molar-refractivity contribution in [3.63, 3.8) is 0 Å².